The summed E-state index contributed by atoms with van der Waals surface area (Å²) in [6.07, 6.45) is 1.82. The van der Waals surface area contributed by atoms with Crippen LogP contribution < -0.4 is 5.32 Å². The van der Waals surface area contributed by atoms with Crippen molar-refractivity contribution in [2.45, 2.75) is 25.9 Å². The van der Waals surface area contributed by atoms with E-state index < -0.39 is 0 Å². The molecule has 0 fully saturated rings. The molecule has 1 aromatic carbocycles. The Kier molecular flexibility index (Phi) is 3.41. The van der Waals surface area contributed by atoms with Crippen LogP contribution in [0.5, 0.6) is 0 Å². The SMILES string of the molecule is CC(C)(CO)NCc1ccnc2ccccc12. The normalized spacial score (nSPS) is 11.9. The summed E-state index contributed by atoms with van der Waals surface area (Å²) in [4.78, 5) is 4.33. The van der Waals surface area contributed by atoms with Gasteiger partial charge >= 0.3 is 0 Å². The fraction of sp³-hybridized carbons (Fsp3) is 0.357. The molecule has 0 radical (unpaired) electrons. The van der Waals surface area contributed by atoms with Gasteiger partial charge in [0.1, 0.15) is 0 Å². The van der Waals surface area contributed by atoms with E-state index in [1.165, 1.54) is 5.56 Å². The zero-order valence-corrected chi connectivity index (χ0v) is 10.3. The third-order valence-electron chi connectivity index (χ3n) is 2.89. The Hall–Kier alpha value is -1.45. The van der Waals surface area contributed by atoms with Gasteiger partial charge in [-0.2, -0.15) is 0 Å². The van der Waals surface area contributed by atoms with Gasteiger partial charge in [0, 0.05) is 23.7 Å². The first-order chi connectivity index (χ1) is 8.12. The number of nitrogens with zero attached hydrogens (tertiary/aromatic N) is 1. The Morgan fingerprint density at radius 2 is 2.00 bits per heavy atom. The molecule has 0 bridgehead atoms. The lowest BCUT2D eigenvalue weighted by Gasteiger charge is -2.23. The number of rotatable bonds is 4. The maximum Gasteiger partial charge on any atom is 0.0705 e. The molecule has 0 amide bonds. The minimum atomic E-state index is -0.260. The molecule has 0 spiro atoms. The van der Waals surface area contributed by atoms with Gasteiger partial charge in [0.15, 0.2) is 0 Å². The molecular formula is C14H18N2O. The maximum atomic E-state index is 9.21. The van der Waals surface area contributed by atoms with Crippen LogP contribution in [-0.2, 0) is 6.54 Å². The molecule has 0 aliphatic rings. The molecule has 3 nitrogen and oxygen atoms in total. The number of benzene rings is 1. The summed E-state index contributed by atoms with van der Waals surface area (Å²) in [6, 6.07) is 10.1. The lowest BCUT2D eigenvalue weighted by molar-refractivity contribution is 0.187. The Labute approximate surface area is 102 Å². The molecular weight excluding hydrogens is 212 g/mol. The first kappa shape index (κ1) is 12.0. The third kappa shape index (κ3) is 2.81. The molecule has 1 heterocycles. The average molecular weight is 230 g/mol. The van der Waals surface area contributed by atoms with Crippen LogP contribution in [0.2, 0.25) is 0 Å². The number of hydrogen-bond acceptors (Lipinski definition) is 3. The van der Waals surface area contributed by atoms with Gasteiger partial charge in [-0.25, -0.2) is 0 Å². The van der Waals surface area contributed by atoms with Crippen molar-refractivity contribution in [3.05, 3.63) is 42.1 Å². The van der Waals surface area contributed by atoms with Crippen molar-refractivity contribution in [2.24, 2.45) is 0 Å². The number of aliphatic hydroxyl groups is 1. The fourth-order valence-electron chi connectivity index (χ4n) is 1.70. The van der Waals surface area contributed by atoms with Gasteiger partial charge in [0.2, 0.25) is 0 Å². The number of hydrogen-bond donors (Lipinski definition) is 2. The zero-order chi connectivity index (χ0) is 12.3. The molecule has 90 valence electrons. The van der Waals surface area contributed by atoms with Crippen molar-refractivity contribution >= 4 is 10.9 Å². The van der Waals surface area contributed by atoms with Gasteiger partial charge in [-0.15, -0.1) is 0 Å². The van der Waals surface area contributed by atoms with Gasteiger partial charge in [-0.05, 0) is 31.5 Å². The highest BCUT2D eigenvalue weighted by molar-refractivity contribution is 5.81. The van der Waals surface area contributed by atoms with E-state index in [2.05, 4.69) is 16.4 Å². The van der Waals surface area contributed by atoms with Crippen LogP contribution in [0.1, 0.15) is 19.4 Å². The highest BCUT2D eigenvalue weighted by atomic mass is 16.3. The topological polar surface area (TPSA) is 45.1 Å². The molecule has 2 rings (SSSR count). The summed E-state index contributed by atoms with van der Waals surface area (Å²) >= 11 is 0. The number of pyridine rings is 1. The molecule has 17 heavy (non-hydrogen) atoms. The summed E-state index contributed by atoms with van der Waals surface area (Å²) in [6.45, 7) is 4.82. The van der Waals surface area contributed by atoms with Crippen LogP contribution >= 0.6 is 0 Å². The fourth-order valence-corrected chi connectivity index (χ4v) is 1.70. The molecule has 0 aliphatic carbocycles. The summed E-state index contributed by atoms with van der Waals surface area (Å²) in [7, 11) is 0. The van der Waals surface area contributed by atoms with Crippen molar-refractivity contribution in [1.82, 2.24) is 10.3 Å². The van der Waals surface area contributed by atoms with Crippen LogP contribution in [0.3, 0.4) is 0 Å². The van der Waals surface area contributed by atoms with Crippen LogP contribution in [0.25, 0.3) is 10.9 Å². The first-order valence-electron chi connectivity index (χ1n) is 5.81. The molecule has 0 saturated heterocycles. The van der Waals surface area contributed by atoms with Crippen molar-refractivity contribution in [2.75, 3.05) is 6.61 Å². The van der Waals surface area contributed by atoms with Crippen molar-refractivity contribution in [1.29, 1.82) is 0 Å². The van der Waals surface area contributed by atoms with Crippen molar-refractivity contribution in [3.8, 4) is 0 Å². The van der Waals surface area contributed by atoms with E-state index in [0.717, 1.165) is 17.4 Å². The third-order valence-corrected chi connectivity index (χ3v) is 2.89. The van der Waals surface area contributed by atoms with E-state index >= 15 is 0 Å². The smallest absolute Gasteiger partial charge is 0.0705 e. The molecule has 0 saturated carbocycles. The summed E-state index contributed by atoms with van der Waals surface area (Å²) in [5, 5.41) is 13.7. The van der Waals surface area contributed by atoms with Crippen LogP contribution in [-0.4, -0.2) is 22.2 Å². The molecule has 1 aromatic heterocycles. The maximum absolute atomic E-state index is 9.21. The van der Waals surface area contributed by atoms with Crippen molar-refractivity contribution in [3.63, 3.8) is 0 Å². The molecule has 2 N–H and O–H groups in total. The van der Waals surface area contributed by atoms with E-state index in [4.69, 9.17) is 0 Å². The van der Waals surface area contributed by atoms with Gasteiger partial charge < -0.3 is 10.4 Å². The second-order valence-corrected chi connectivity index (χ2v) is 4.88. The summed E-state index contributed by atoms with van der Waals surface area (Å²) < 4.78 is 0. The molecule has 3 heteroatoms. The van der Waals surface area contributed by atoms with Crippen LogP contribution in [0.15, 0.2) is 36.5 Å². The molecule has 2 aromatic rings. The minimum Gasteiger partial charge on any atom is -0.394 e. The number of fused-ring (bicyclic) bond motifs is 1. The second-order valence-electron chi connectivity index (χ2n) is 4.88. The van der Waals surface area contributed by atoms with E-state index in [-0.39, 0.29) is 12.1 Å². The highest BCUT2D eigenvalue weighted by Crippen LogP contribution is 2.16. The number of aliphatic hydroxyl groups excluding tert-OH is 1. The lowest BCUT2D eigenvalue weighted by atomic mass is 10.0. The highest BCUT2D eigenvalue weighted by Gasteiger charge is 2.15. The predicted octanol–water partition coefficient (Wildman–Crippen LogP) is 2.10. The molecule has 0 unspecified atom stereocenters. The predicted molar refractivity (Wildman–Crippen MR) is 69.7 cm³/mol. The van der Waals surface area contributed by atoms with E-state index in [0.29, 0.717) is 0 Å². The van der Waals surface area contributed by atoms with Crippen LogP contribution in [0.4, 0.5) is 0 Å². The number of nitrogens with one attached hydrogen (secondary N) is 1. The summed E-state index contributed by atoms with van der Waals surface area (Å²) in [5.41, 5.74) is 1.95. The monoisotopic (exact) mass is 230 g/mol. The van der Waals surface area contributed by atoms with Crippen LogP contribution in [0, 0.1) is 0 Å². The minimum absolute atomic E-state index is 0.121. The lowest BCUT2D eigenvalue weighted by Crippen LogP contribution is -2.42. The van der Waals surface area contributed by atoms with Gasteiger partial charge in [0.05, 0.1) is 12.1 Å². The summed E-state index contributed by atoms with van der Waals surface area (Å²) in [5.74, 6) is 0. The number of para-hydroxylation sites is 1. The number of aromatic nitrogens is 1. The standard InChI is InChI=1S/C14H18N2O/c1-14(2,10-17)16-9-11-7-8-15-13-6-4-3-5-12(11)13/h3-8,16-17H,9-10H2,1-2H3. The Morgan fingerprint density at radius 1 is 1.24 bits per heavy atom. The quantitative estimate of drug-likeness (QED) is 0.845. The second kappa shape index (κ2) is 4.82. The first-order valence-corrected chi connectivity index (χ1v) is 5.81. The van der Waals surface area contributed by atoms with Gasteiger partial charge in [-0.1, -0.05) is 18.2 Å². The van der Waals surface area contributed by atoms with Crippen molar-refractivity contribution < 1.29 is 5.11 Å². The Balaban J connectivity index is 2.24. The van der Waals surface area contributed by atoms with Gasteiger partial charge in [-0.3, -0.25) is 4.98 Å². The largest absolute Gasteiger partial charge is 0.394 e. The van der Waals surface area contributed by atoms with E-state index in [1.54, 1.807) is 0 Å². The zero-order valence-electron chi connectivity index (χ0n) is 10.3. The van der Waals surface area contributed by atoms with E-state index in [1.807, 2.05) is 44.3 Å². The van der Waals surface area contributed by atoms with E-state index in [9.17, 15) is 5.11 Å². The Morgan fingerprint density at radius 3 is 2.76 bits per heavy atom. The molecule has 0 atom stereocenters. The Bertz CT molecular complexity index is 503. The van der Waals surface area contributed by atoms with Gasteiger partial charge in [0.25, 0.3) is 0 Å². The molecule has 0 aliphatic heterocycles. The average Bonchev–Trinajstić information content (AvgIpc) is 2.36.